The molecule has 2 atom stereocenters. The minimum atomic E-state index is 0.297. The molecular weight excluding hydrogens is 301 g/mol. The summed E-state index contributed by atoms with van der Waals surface area (Å²) in [6.07, 6.45) is 1.01. The Balaban J connectivity index is 2.01. The van der Waals surface area contributed by atoms with Gasteiger partial charge in [0.05, 0.1) is 10.0 Å². The summed E-state index contributed by atoms with van der Waals surface area (Å²) in [4.78, 5) is 0. The molecule has 1 N–H and O–H groups in total. The average molecular weight is 322 g/mol. The van der Waals surface area contributed by atoms with Gasteiger partial charge >= 0.3 is 0 Å². The molecule has 0 saturated heterocycles. The highest BCUT2D eigenvalue weighted by Gasteiger charge is 2.12. The molecule has 0 fully saturated rings. The molecule has 0 aliphatic carbocycles. The van der Waals surface area contributed by atoms with Gasteiger partial charge < -0.3 is 5.32 Å². The highest BCUT2D eigenvalue weighted by Crippen LogP contribution is 2.27. The van der Waals surface area contributed by atoms with Gasteiger partial charge in [-0.05, 0) is 35.6 Å². The van der Waals surface area contributed by atoms with Crippen LogP contribution in [0.15, 0.2) is 48.5 Å². The Morgan fingerprint density at radius 1 is 0.952 bits per heavy atom. The van der Waals surface area contributed by atoms with Crippen LogP contribution in [0.3, 0.4) is 0 Å². The predicted octanol–water partition coefficient (Wildman–Crippen LogP) is 5.84. The zero-order valence-electron chi connectivity index (χ0n) is 12.4. The number of nitrogens with one attached hydrogen (secondary N) is 1. The van der Waals surface area contributed by atoms with Crippen LogP contribution in [-0.2, 0) is 0 Å². The van der Waals surface area contributed by atoms with Crippen LogP contribution in [0.4, 0.5) is 0 Å². The molecule has 2 aromatic carbocycles. The Hall–Kier alpha value is -1.02. The minimum Gasteiger partial charge on any atom is -0.309 e. The first-order chi connectivity index (χ1) is 10.1. The van der Waals surface area contributed by atoms with Crippen molar-refractivity contribution in [2.75, 3.05) is 6.54 Å². The normalized spacial score (nSPS) is 13.9. The van der Waals surface area contributed by atoms with Crippen molar-refractivity contribution in [3.63, 3.8) is 0 Å². The molecule has 2 unspecified atom stereocenters. The van der Waals surface area contributed by atoms with Crippen LogP contribution in [-0.4, -0.2) is 6.54 Å². The van der Waals surface area contributed by atoms with Crippen molar-refractivity contribution in [2.24, 2.45) is 0 Å². The molecule has 0 radical (unpaired) electrons. The van der Waals surface area contributed by atoms with E-state index in [-0.39, 0.29) is 0 Å². The summed E-state index contributed by atoms with van der Waals surface area (Å²) in [5.74, 6) is 0.475. The second-order valence-electron chi connectivity index (χ2n) is 5.35. The molecule has 21 heavy (non-hydrogen) atoms. The van der Waals surface area contributed by atoms with Crippen LogP contribution in [0.25, 0.3) is 0 Å². The molecule has 0 heterocycles. The summed E-state index contributed by atoms with van der Waals surface area (Å²) in [7, 11) is 0. The van der Waals surface area contributed by atoms with Crippen LogP contribution in [0.2, 0.25) is 10.0 Å². The largest absolute Gasteiger partial charge is 0.309 e. The molecule has 0 aliphatic heterocycles. The smallest absolute Gasteiger partial charge is 0.0595 e. The standard InChI is InChI=1S/C18H21Cl2N/c1-3-18(15-9-10-16(19)17(20)11-15)21-12-13(2)14-7-5-4-6-8-14/h4-11,13,18,21H,3,12H2,1-2H3. The first kappa shape index (κ1) is 16.4. The maximum absolute atomic E-state index is 6.11. The molecule has 0 aliphatic rings. The molecule has 0 spiro atoms. The molecular formula is C18H21Cl2N. The van der Waals surface area contributed by atoms with Crippen molar-refractivity contribution in [3.05, 3.63) is 69.7 Å². The SMILES string of the molecule is CCC(NCC(C)c1ccccc1)c1ccc(Cl)c(Cl)c1. The second kappa shape index (κ2) is 7.84. The van der Waals surface area contributed by atoms with E-state index in [4.69, 9.17) is 23.2 Å². The van der Waals surface area contributed by atoms with Gasteiger partial charge in [-0.25, -0.2) is 0 Å². The van der Waals surface area contributed by atoms with Gasteiger partial charge in [0.25, 0.3) is 0 Å². The van der Waals surface area contributed by atoms with Crippen LogP contribution < -0.4 is 5.32 Å². The number of benzene rings is 2. The Labute approximate surface area is 137 Å². The monoisotopic (exact) mass is 321 g/mol. The van der Waals surface area contributed by atoms with Crippen molar-refractivity contribution in [1.82, 2.24) is 5.32 Å². The second-order valence-corrected chi connectivity index (χ2v) is 6.17. The molecule has 2 aromatic rings. The lowest BCUT2D eigenvalue weighted by molar-refractivity contribution is 0.495. The molecule has 3 heteroatoms. The maximum atomic E-state index is 6.11. The number of hydrogen-bond donors (Lipinski definition) is 1. The Morgan fingerprint density at radius 3 is 2.29 bits per heavy atom. The fourth-order valence-electron chi connectivity index (χ4n) is 2.45. The molecule has 0 bridgehead atoms. The van der Waals surface area contributed by atoms with Crippen LogP contribution in [0.1, 0.15) is 43.4 Å². The van der Waals surface area contributed by atoms with Crippen molar-refractivity contribution in [1.29, 1.82) is 0 Å². The van der Waals surface area contributed by atoms with Gasteiger partial charge in [-0.3, -0.25) is 0 Å². The van der Waals surface area contributed by atoms with E-state index in [1.807, 2.05) is 24.3 Å². The van der Waals surface area contributed by atoms with Crippen molar-refractivity contribution in [3.8, 4) is 0 Å². The van der Waals surface area contributed by atoms with E-state index >= 15 is 0 Å². The number of rotatable bonds is 6. The molecule has 0 saturated carbocycles. The predicted molar refractivity (Wildman–Crippen MR) is 92.4 cm³/mol. The van der Waals surface area contributed by atoms with Gasteiger partial charge in [0.2, 0.25) is 0 Å². The van der Waals surface area contributed by atoms with Gasteiger partial charge in [0.1, 0.15) is 0 Å². The Morgan fingerprint density at radius 2 is 1.67 bits per heavy atom. The fraction of sp³-hybridized carbons (Fsp3) is 0.333. The van der Waals surface area contributed by atoms with E-state index in [9.17, 15) is 0 Å². The highest BCUT2D eigenvalue weighted by atomic mass is 35.5. The Bertz CT molecular complexity index is 569. The summed E-state index contributed by atoms with van der Waals surface area (Å²) >= 11 is 12.1. The summed E-state index contributed by atoms with van der Waals surface area (Å²) in [5.41, 5.74) is 2.54. The van der Waals surface area contributed by atoms with E-state index in [1.165, 1.54) is 11.1 Å². The van der Waals surface area contributed by atoms with E-state index in [0.717, 1.165) is 13.0 Å². The van der Waals surface area contributed by atoms with E-state index < -0.39 is 0 Å². The van der Waals surface area contributed by atoms with E-state index in [0.29, 0.717) is 22.0 Å². The Kier molecular flexibility index (Phi) is 6.10. The lowest BCUT2D eigenvalue weighted by Crippen LogP contribution is -2.25. The summed E-state index contributed by atoms with van der Waals surface area (Å²) < 4.78 is 0. The van der Waals surface area contributed by atoms with Gasteiger partial charge in [0.15, 0.2) is 0 Å². The molecule has 0 aromatic heterocycles. The van der Waals surface area contributed by atoms with Crippen LogP contribution >= 0.6 is 23.2 Å². The third-order valence-electron chi connectivity index (χ3n) is 3.79. The number of hydrogen-bond acceptors (Lipinski definition) is 1. The highest BCUT2D eigenvalue weighted by molar-refractivity contribution is 6.42. The summed E-state index contributed by atoms with van der Waals surface area (Å²) in [6, 6.07) is 16.7. The minimum absolute atomic E-state index is 0.297. The third kappa shape index (κ3) is 4.47. The topological polar surface area (TPSA) is 12.0 Å². The van der Waals surface area contributed by atoms with Crippen molar-refractivity contribution < 1.29 is 0 Å². The van der Waals surface area contributed by atoms with Gasteiger partial charge in [0, 0.05) is 12.6 Å². The maximum Gasteiger partial charge on any atom is 0.0595 e. The van der Waals surface area contributed by atoms with Gasteiger partial charge in [-0.1, -0.05) is 73.4 Å². The van der Waals surface area contributed by atoms with Crippen molar-refractivity contribution in [2.45, 2.75) is 32.2 Å². The van der Waals surface area contributed by atoms with Crippen LogP contribution in [0.5, 0.6) is 0 Å². The molecule has 1 nitrogen and oxygen atoms in total. The lowest BCUT2D eigenvalue weighted by atomic mass is 9.99. The van der Waals surface area contributed by atoms with Crippen LogP contribution in [0, 0.1) is 0 Å². The fourth-order valence-corrected chi connectivity index (χ4v) is 2.75. The van der Waals surface area contributed by atoms with Gasteiger partial charge in [-0.15, -0.1) is 0 Å². The zero-order valence-corrected chi connectivity index (χ0v) is 14.0. The quantitative estimate of drug-likeness (QED) is 0.704. The molecule has 112 valence electrons. The molecule has 0 amide bonds. The zero-order chi connectivity index (χ0) is 15.2. The van der Waals surface area contributed by atoms with E-state index in [1.54, 1.807) is 0 Å². The number of halogens is 2. The van der Waals surface area contributed by atoms with Crippen molar-refractivity contribution >= 4 is 23.2 Å². The van der Waals surface area contributed by atoms with Gasteiger partial charge in [-0.2, -0.15) is 0 Å². The first-order valence-corrected chi connectivity index (χ1v) is 8.10. The first-order valence-electron chi connectivity index (χ1n) is 7.35. The summed E-state index contributed by atoms with van der Waals surface area (Å²) in [5, 5.41) is 4.85. The average Bonchev–Trinajstić information content (AvgIpc) is 2.52. The molecule has 2 rings (SSSR count). The van der Waals surface area contributed by atoms with E-state index in [2.05, 4.69) is 43.4 Å². The lowest BCUT2D eigenvalue weighted by Gasteiger charge is -2.21. The summed E-state index contributed by atoms with van der Waals surface area (Å²) in [6.45, 7) is 5.35. The third-order valence-corrected chi connectivity index (χ3v) is 4.53.